The van der Waals surface area contributed by atoms with E-state index in [0.717, 1.165) is 44.1 Å². The molecule has 0 aliphatic carbocycles. The molecule has 0 amide bonds. The predicted octanol–water partition coefficient (Wildman–Crippen LogP) is 5.57. The molecule has 6 rings (SSSR count). The van der Waals surface area contributed by atoms with Crippen LogP contribution in [-0.2, 0) is 0 Å². The van der Waals surface area contributed by atoms with Crippen LogP contribution >= 0.6 is 0 Å². The van der Waals surface area contributed by atoms with Crippen molar-refractivity contribution in [2.45, 2.75) is 0 Å². The van der Waals surface area contributed by atoms with Gasteiger partial charge in [0.15, 0.2) is 0 Å². The monoisotopic (exact) mass is 360 g/mol. The van der Waals surface area contributed by atoms with E-state index in [1.165, 1.54) is 0 Å². The Morgan fingerprint density at radius 3 is 0.536 bits per heavy atom. The fraction of sp³-hybridized carbons (Fsp3) is 0. The van der Waals surface area contributed by atoms with Crippen LogP contribution in [0.15, 0.2) is 97.1 Å². The molecule has 0 bridgehead atoms. The van der Waals surface area contributed by atoms with Crippen LogP contribution in [0.4, 0.5) is 0 Å². The minimum Gasteiger partial charge on any atom is -0.245 e. The lowest BCUT2D eigenvalue weighted by atomic mass is 10.2. The zero-order valence-corrected chi connectivity index (χ0v) is 15.0. The number of fused-ring (bicyclic) bond motifs is 4. The lowest BCUT2D eigenvalue weighted by molar-refractivity contribution is 1.39. The Balaban J connectivity index is 0.000000122. The molecule has 28 heavy (non-hydrogen) atoms. The van der Waals surface area contributed by atoms with Gasteiger partial charge in [0.2, 0.25) is 0 Å². The van der Waals surface area contributed by atoms with Crippen molar-refractivity contribution in [3.05, 3.63) is 97.1 Å². The largest absolute Gasteiger partial charge is 0.245 e. The van der Waals surface area contributed by atoms with Gasteiger partial charge in [0, 0.05) is 0 Å². The summed E-state index contributed by atoms with van der Waals surface area (Å²) in [6.07, 6.45) is 0. The summed E-state index contributed by atoms with van der Waals surface area (Å²) in [7, 11) is 0. The maximum absolute atomic E-state index is 4.52. The summed E-state index contributed by atoms with van der Waals surface area (Å²) in [4.78, 5) is 18.1. The highest BCUT2D eigenvalue weighted by Gasteiger charge is 1.99. The van der Waals surface area contributed by atoms with Gasteiger partial charge in [0.25, 0.3) is 0 Å². The average Bonchev–Trinajstić information content (AvgIpc) is 2.76. The molecular weight excluding hydrogens is 344 g/mol. The molecule has 6 aromatic rings. The maximum Gasteiger partial charge on any atom is 0.0894 e. The van der Waals surface area contributed by atoms with Crippen LogP contribution in [0.1, 0.15) is 0 Å². The van der Waals surface area contributed by atoms with Gasteiger partial charge in [-0.15, -0.1) is 0 Å². The Morgan fingerprint density at radius 2 is 0.393 bits per heavy atom. The Kier molecular flexibility index (Phi) is 4.07. The SMILES string of the molecule is c1ccc2nc3ccccc3nc2c1.c1ccc2nc3ccccc3nc2c1. The van der Waals surface area contributed by atoms with E-state index in [-0.39, 0.29) is 0 Å². The summed E-state index contributed by atoms with van der Waals surface area (Å²) in [5, 5.41) is 0. The third-order valence-electron chi connectivity index (χ3n) is 4.49. The highest BCUT2D eigenvalue weighted by atomic mass is 14.8. The minimum absolute atomic E-state index is 0.950. The zero-order chi connectivity index (χ0) is 18.8. The van der Waals surface area contributed by atoms with Crippen LogP contribution < -0.4 is 0 Å². The van der Waals surface area contributed by atoms with Gasteiger partial charge in [0.05, 0.1) is 44.1 Å². The fourth-order valence-corrected chi connectivity index (χ4v) is 3.13. The van der Waals surface area contributed by atoms with Crippen molar-refractivity contribution >= 4 is 44.1 Å². The first-order chi connectivity index (χ1) is 13.9. The van der Waals surface area contributed by atoms with Gasteiger partial charge in [-0.05, 0) is 48.5 Å². The second-order valence-electron chi connectivity index (χ2n) is 6.40. The molecule has 0 fully saturated rings. The summed E-state index contributed by atoms with van der Waals surface area (Å²) >= 11 is 0. The van der Waals surface area contributed by atoms with E-state index < -0.39 is 0 Å². The molecule has 2 aromatic heterocycles. The Labute approximate surface area is 161 Å². The van der Waals surface area contributed by atoms with Crippen molar-refractivity contribution < 1.29 is 0 Å². The quantitative estimate of drug-likeness (QED) is 0.333. The second-order valence-corrected chi connectivity index (χ2v) is 6.40. The van der Waals surface area contributed by atoms with E-state index in [4.69, 9.17) is 0 Å². The van der Waals surface area contributed by atoms with E-state index in [9.17, 15) is 0 Å². The van der Waals surface area contributed by atoms with E-state index in [2.05, 4.69) is 19.9 Å². The van der Waals surface area contributed by atoms with Gasteiger partial charge in [-0.1, -0.05) is 48.5 Å². The summed E-state index contributed by atoms with van der Waals surface area (Å²) < 4.78 is 0. The minimum atomic E-state index is 0.950. The molecule has 0 radical (unpaired) electrons. The van der Waals surface area contributed by atoms with Gasteiger partial charge in [-0.2, -0.15) is 0 Å². The first-order valence-corrected chi connectivity index (χ1v) is 9.10. The third-order valence-corrected chi connectivity index (χ3v) is 4.49. The van der Waals surface area contributed by atoms with Gasteiger partial charge in [-0.25, -0.2) is 19.9 Å². The molecule has 2 heterocycles. The molecule has 4 heteroatoms. The van der Waals surface area contributed by atoms with Crippen molar-refractivity contribution in [3.8, 4) is 0 Å². The summed E-state index contributed by atoms with van der Waals surface area (Å²) in [6, 6.07) is 31.7. The molecule has 0 saturated heterocycles. The predicted molar refractivity (Wildman–Crippen MR) is 114 cm³/mol. The molecule has 132 valence electrons. The second kappa shape index (κ2) is 7.00. The highest BCUT2D eigenvalue weighted by Crippen LogP contribution is 2.15. The topological polar surface area (TPSA) is 51.6 Å². The molecule has 0 aliphatic heterocycles. The van der Waals surface area contributed by atoms with Crippen LogP contribution in [0.5, 0.6) is 0 Å². The van der Waals surface area contributed by atoms with Crippen molar-refractivity contribution in [1.29, 1.82) is 0 Å². The number of aromatic nitrogens is 4. The summed E-state index contributed by atoms with van der Waals surface area (Å²) in [6.45, 7) is 0. The number of rotatable bonds is 0. The number of hydrogen-bond acceptors (Lipinski definition) is 4. The van der Waals surface area contributed by atoms with Crippen LogP contribution in [0.3, 0.4) is 0 Å². The van der Waals surface area contributed by atoms with E-state index in [1.54, 1.807) is 0 Å². The molecule has 0 unspecified atom stereocenters. The molecule has 4 aromatic carbocycles. The number of benzene rings is 4. The molecular formula is C24H16N4. The van der Waals surface area contributed by atoms with E-state index >= 15 is 0 Å². The summed E-state index contributed by atoms with van der Waals surface area (Å²) in [5.74, 6) is 0. The van der Waals surface area contributed by atoms with E-state index in [0.29, 0.717) is 0 Å². The van der Waals surface area contributed by atoms with Crippen LogP contribution in [-0.4, -0.2) is 19.9 Å². The van der Waals surface area contributed by atoms with Crippen molar-refractivity contribution in [2.24, 2.45) is 0 Å². The van der Waals surface area contributed by atoms with Crippen molar-refractivity contribution in [1.82, 2.24) is 19.9 Å². The molecule has 4 nitrogen and oxygen atoms in total. The van der Waals surface area contributed by atoms with Gasteiger partial charge < -0.3 is 0 Å². The maximum atomic E-state index is 4.52. The number of nitrogens with zero attached hydrogens (tertiary/aromatic N) is 4. The number of hydrogen-bond donors (Lipinski definition) is 0. The van der Waals surface area contributed by atoms with Crippen LogP contribution in [0, 0.1) is 0 Å². The van der Waals surface area contributed by atoms with Gasteiger partial charge >= 0.3 is 0 Å². The lowest BCUT2D eigenvalue weighted by Crippen LogP contribution is -1.85. The van der Waals surface area contributed by atoms with Gasteiger partial charge in [-0.3, -0.25) is 0 Å². The molecule has 0 atom stereocenters. The Hall–Kier alpha value is -3.92. The van der Waals surface area contributed by atoms with Gasteiger partial charge in [0.1, 0.15) is 0 Å². The Bertz CT molecular complexity index is 1110. The molecule has 0 saturated carbocycles. The standard InChI is InChI=1S/2C12H8N2/c2*1-2-6-10-9(5-1)13-11-7-3-4-8-12(11)14-10/h2*1-8H. The molecule has 0 aliphatic rings. The van der Waals surface area contributed by atoms with Crippen LogP contribution in [0.2, 0.25) is 0 Å². The number of para-hydroxylation sites is 8. The smallest absolute Gasteiger partial charge is 0.0894 e. The van der Waals surface area contributed by atoms with Crippen molar-refractivity contribution in [2.75, 3.05) is 0 Å². The van der Waals surface area contributed by atoms with Crippen molar-refractivity contribution in [3.63, 3.8) is 0 Å². The zero-order valence-electron chi connectivity index (χ0n) is 15.0. The normalized spacial score (nSPS) is 10.9. The first kappa shape index (κ1) is 16.3. The molecule has 0 spiro atoms. The summed E-state index contributed by atoms with van der Waals surface area (Å²) in [5.41, 5.74) is 7.60. The highest BCUT2D eigenvalue weighted by molar-refractivity contribution is 5.86. The Morgan fingerprint density at radius 1 is 0.250 bits per heavy atom. The average molecular weight is 360 g/mol. The fourth-order valence-electron chi connectivity index (χ4n) is 3.13. The lowest BCUT2D eigenvalue weighted by Gasteiger charge is -1.98. The van der Waals surface area contributed by atoms with Crippen LogP contribution in [0.25, 0.3) is 44.1 Å². The first-order valence-electron chi connectivity index (χ1n) is 9.10. The third kappa shape index (κ3) is 3.12. The van der Waals surface area contributed by atoms with E-state index in [1.807, 2.05) is 97.1 Å². The molecule has 0 N–H and O–H groups in total.